The molecule has 1 saturated heterocycles. The fourth-order valence-electron chi connectivity index (χ4n) is 1.60. The Bertz CT molecular complexity index is 300. The summed E-state index contributed by atoms with van der Waals surface area (Å²) < 4.78 is 5.77. The van der Waals surface area contributed by atoms with E-state index in [2.05, 4.69) is 63.0 Å². The normalized spacial score (nSPS) is 32.1. The third-order valence-corrected chi connectivity index (χ3v) is 4.88. The number of benzene rings is 1. The number of alkyl halides is 2. The summed E-state index contributed by atoms with van der Waals surface area (Å²) in [4.78, 5) is 0.411. The van der Waals surface area contributed by atoms with Gasteiger partial charge in [0.15, 0.2) is 0 Å². The van der Waals surface area contributed by atoms with Crippen molar-refractivity contribution in [3.63, 3.8) is 0 Å². The van der Waals surface area contributed by atoms with Gasteiger partial charge in [0.2, 0.25) is 0 Å². The zero-order valence-corrected chi connectivity index (χ0v) is 11.1. The highest BCUT2D eigenvalue weighted by Gasteiger charge is 2.32. The van der Waals surface area contributed by atoms with Crippen LogP contribution in [0, 0.1) is 6.92 Å². The molecule has 0 bridgehead atoms. The van der Waals surface area contributed by atoms with Crippen LogP contribution in [0.1, 0.15) is 23.7 Å². The highest BCUT2D eigenvalue weighted by molar-refractivity contribution is 9.12. The Morgan fingerprint density at radius 1 is 1.21 bits per heavy atom. The summed E-state index contributed by atoms with van der Waals surface area (Å²) >= 11 is 7.07. The summed E-state index contributed by atoms with van der Waals surface area (Å²) in [5, 5.41) is 0.133. The molecule has 3 atom stereocenters. The first-order valence-corrected chi connectivity index (χ1v) is 6.50. The quantitative estimate of drug-likeness (QED) is 0.712. The number of halogens is 2. The molecule has 1 aliphatic heterocycles. The first-order valence-electron chi connectivity index (χ1n) is 4.67. The van der Waals surface area contributed by atoms with Crippen LogP contribution in [0.25, 0.3) is 0 Å². The van der Waals surface area contributed by atoms with Gasteiger partial charge in [0.1, 0.15) is 5.01 Å². The van der Waals surface area contributed by atoms with Gasteiger partial charge < -0.3 is 4.74 Å². The van der Waals surface area contributed by atoms with Crippen molar-refractivity contribution in [1.29, 1.82) is 0 Å². The minimum atomic E-state index is 0.133. The summed E-state index contributed by atoms with van der Waals surface area (Å²) in [6, 6.07) is 8.54. The molecule has 14 heavy (non-hydrogen) atoms. The minimum absolute atomic E-state index is 0.133. The van der Waals surface area contributed by atoms with Gasteiger partial charge in [-0.2, -0.15) is 0 Å². The van der Waals surface area contributed by atoms with E-state index in [9.17, 15) is 0 Å². The summed E-state index contributed by atoms with van der Waals surface area (Å²) in [5.74, 6) is 0. The van der Waals surface area contributed by atoms with Crippen molar-refractivity contribution in [3.05, 3.63) is 35.4 Å². The topological polar surface area (TPSA) is 9.23 Å². The summed E-state index contributed by atoms with van der Waals surface area (Å²) in [7, 11) is 0. The molecule has 76 valence electrons. The number of hydrogen-bond donors (Lipinski definition) is 0. The number of hydrogen-bond acceptors (Lipinski definition) is 1. The average Bonchev–Trinajstić information content (AvgIpc) is 2.48. The number of ether oxygens (including phenoxy) is 1. The molecule has 0 amide bonds. The van der Waals surface area contributed by atoms with Crippen LogP contribution in [-0.4, -0.2) is 9.84 Å². The van der Waals surface area contributed by atoms with Crippen LogP contribution in [0.5, 0.6) is 0 Å². The standard InChI is InChI=1S/C11H12Br2O/c1-7-2-4-8(5-3-7)10-6-9(12)11(13)14-10/h2-5,9-11H,6H2,1H3/t9-,10+,11-/m0/s1. The second-order valence-corrected chi connectivity index (χ2v) is 5.72. The van der Waals surface area contributed by atoms with Crippen LogP contribution in [-0.2, 0) is 4.74 Å². The Kier molecular flexibility index (Phi) is 3.30. The van der Waals surface area contributed by atoms with Gasteiger partial charge in [-0.15, -0.1) is 0 Å². The minimum Gasteiger partial charge on any atom is -0.358 e. The lowest BCUT2D eigenvalue weighted by Gasteiger charge is -2.10. The van der Waals surface area contributed by atoms with Crippen molar-refractivity contribution in [2.24, 2.45) is 0 Å². The zero-order chi connectivity index (χ0) is 10.1. The van der Waals surface area contributed by atoms with Crippen molar-refractivity contribution in [3.8, 4) is 0 Å². The van der Waals surface area contributed by atoms with E-state index in [0.717, 1.165) is 6.42 Å². The highest BCUT2D eigenvalue weighted by Crippen LogP contribution is 2.39. The van der Waals surface area contributed by atoms with Crippen LogP contribution in [0.2, 0.25) is 0 Å². The molecule has 0 N–H and O–H groups in total. The Morgan fingerprint density at radius 3 is 2.36 bits per heavy atom. The monoisotopic (exact) mass is 318 g/mol. The molecular formula is C11H12Br2O. The fraction of sp³-hybridized carbons (Fsp3) is 0.455. The van der Waals surface area contributed by atoms with Gasteiger partial charge in [-0.3, -0.25) is 0 Å². The Hall–Kier alpha value is 0.140. The van der Waals surface area contributed by atoms with Crippen molar-refractivity contribution in [1.82, 2.24) is 0 Å². The third kappa shape index (κ3) is 2.20. The molecule has 1 nitrogen and oxygen atoms in total. The number of aryl methyl sites for hydroxylation is 1. The van der Waals surface area contributed by atoms with Gasteiger partial charge in [-0.1, -0.05) is 61.7 Å². The fourth-order valence-corrected chi connectivity index (χ4v) is 2.55. The molecule has 1 aliphatic rings. The molecule has 1 heterocycles. The predicted molar refractivity (Wildman–Crippen MR) is 65.1 cm³/mol. The van der Waals surface area contributed by atoms with Crippen molar-refractivity contribution in [2.45, 2.75) is 29.3 Å². The van der Waals surface area contributed by atoms with E-state index in [-0.39, 0.29) is 11.1 Å². The smallest absolute Gasteiger partial charge is 0.125 e. The Morgan fingerprint density at radius 2 is 1.86 bits per heavy atom. The highest BCUT2D eigenvalue weighted by atomic mass is 79.9. The van der Waals surface area contributed by atoms with Gasteiger partial charge >= 0.3 is 0 Å². The molecule has 0 aromatic heterocycles. The van der Waals surface area contributed by atoms with Crippen LogP contribution in [0.3, 0.4) is 0 Å². The SMILES string of the molecule is Cc1ccc([C@H]2C[C@H](Br)[C@@H](Br)O2)cc1. The number of rotatable bonds is 1. The van der Waals surface area contributed by atoms with E-state index in [4.69, 9.17) is 4.74 Å². The molecule has 1 aromatic rings. The molecule has 1 fully saturated rings. The maximum atomic E-state index is 5.77. The van der Waals surface area contributed by atoms with Gasteiger partial charge in [-0.05, 0) is 18.9 Å². The predicted octanol–water partition coefficient (Wildman–Crippen LogP) is 3.94. The summed E-state index contributed by atoms with van der Waals surface area (Å²) in [6.07, 6.45) is 1.25. The van der Waals surface area contributed by atoms with E-state index in [1.165, 1.54) is 11.1 Å². The second-order valence-electron chi connectivity index (χ2n) is 3.64. The molecule has 0 aliphatic carbocycles. The van der Waals surface area contributed by atoms with Gasteiger partial charge in [0, 0.05) is 0 Å². The molecule has 0 radical (unpaired) electrons. The van der Waals surface area contributed by atoms with Crippen LogP contribution < -0.4 is 0 Å². The second kappa shape index (κ2) is 4.33. The summed E-state index contributed by atoms with van der Waals surface area (Å²) in [6.45, 7) is 2.10. The van der Waals surface area contributed by atoms with Crippen LogP contribution in [0.15, 0.2) is 24.3 Å². The lowest BCUT2D eigenvalue weighted by Crippen LogP contribution is -2.04. The average molecular weight is 320 g/mol. The maximum Gasteiger partial charge on any atom is 0.125 e. The van der Waals surface area contributed by atoms with Gasteiger partial charge in [-0.25, -0.2) is 0 Å². The van der Waals surface area contributed by atoms with Gasteiger partial charge in [0.05, 0.1) is 10.9 Å². The van der Waals surface area contributed by atoms with Crippen molar-refractivity contribution < 1.29 is 4.74 Å². The Balaban J connectivity index is 2.13. The maximum absolute atomic E-state index is 5.77. The van der Waals surface area contributed by atoms with E-state index in [1.54, 1.807) is 0 Å². The van der Waals surface area contributed by atoms with Crippen LogP contribution in [0.4, 0.5) is 0 Å². The Labute approximate surface area is 101 Å². The lowest BCUT2D eigenvalue weighted by molar-refractivity contribution is 0.0970. The van der Waals surface area contributed by atoms with Crippen molar-refractivity contribution >= 4 is 31.9 Å². The van der Waals surface area contributed by atoms with Crippen molar-refractivity contribution in [2.75, 3.05) is 0 Å². The molecular weight excluding hydrogens is 308 g/mol. The summed E-state index contributed by atoms with van der Waals surface area (Å²) in [5.41, 5.74) is 2.56. The van der Waals surface area contributed by atoms with E-state index < -0.39 is 0 Å². The molecule has 1 aromatic carbocycles. The van der Waals surface area contributed by atoms with E-state index >= 15 is 0 Å². The van der Waals surface area contributed by atoms with E-state index in [1.807, 2.05) is 0 Å². The largest absolute Gasteiger partial charge is 0.358 e. The molecule has 3 heteroatoms. The molecule has 0 unspecified atom stereocenters. The molecule has 0 spiro atoms. The third-order valence-electron chi connectivity index (χ3n) is 2.47. The van der Waals surface area contributed by atoms with Gasteiger partial charge in [0.25, 0.3) is 0 Å². The van der Waals surface area contributed by atoms with E-state index in [0.29, 0.717) is 4.83 Å². The molecule has 0 saturated carbocycles. The first-order chi connectivity index (χ1) is 6.66. The zero-order valence-electron chi connectivity index (χ0n) is 7.91. The van der Waals surface area contributed by atoms with Crippen LogP contribution >= 0.6 is 31.9 Å². The lowest BCUT2D eigenvalue weighted by atomic mass is 10.1. The molecule has 2 rings (SSSR count). The first kappa shape index (κ1) is 10.7.